The highest BCUT2D eigenvalue weighted by Crippen LogP contribution is 2.45. The first-order chi connectivity index (χ1) is 31.1. The van der Waals surface area contributed by atoms with E-state index >= 15 is 0 Å². The number of nitrogens with two attached hydrogens (primary N) is 2. The lowest BCUT2D eigenvalue weighted by Crippen LogP contribution is -2.56. The zero-order chi connectivity index (χ0) is 49.6. The number of hydrogen-bond acceptors (Lipinski definition) is 10. The smallest absolute Gasteiger partial charge is 0.326 e. The second-order valence-electron chi connectivity index (χ2n) is 19.9. The van der Waals surface area contributed by atoms with E-state index in [9.17, 15) is 33.9 Å². The second-order valence-corrected chi connectivity index (χ2v) is 19.9. The van der Waals surface area contributed by atoms with Crippen molar-refractivity contribution < 1.29 is 43.3 Å². The van der Waals surface area contributed by atoms with Gasteiger partial charge in [-0.2, -0.15) is 0 Å². The highest BCUT2D eigenvalue weighted by Gasteiger charge is 2.35. The summed E-state index contributed by atoms with van der Waals surface area (Å²) in [5, 5.41) is 19.7. The van der Waals surface area contributed by atoms with Crippen LogP contribution >= 0.6 is 0 Å². The minimum atomic E-state index is -1.20. The molecular weight excluding hydrogens is 841 g/mol. The molecule has 7 atom stereocenters. The van der Waals surface area contributed by atoms with Crippen molar-refractivity contribution in [3.05, 3.63) is 22.3 Å². The third kappa shape index (κ3) is 20.3. The SMILES string of the molecule is Cc1c(C)c2c(c(C)c1OC(=O)CCC(=O)N[C@@H](CCCCN)C(=O)N[C@@H](C)C(=O)N[C@H](C)C(=O)N[C@@H](CCCCN)C(=O)O)CC[C@@](C)(CCC[C@H](C)CCC[C@H](C)CCCC(C)C)O2. The van der Waals surface area contributed by atoms with Gasteiger partial charge in [-0.15, -0.1) is 0 Å². The Morgan fingerprint density at radius 1 is 0.636 bits per heavy atom. The van der Waals surface area contributed by atoms with E-state index in [-0.39, 0.29) is 31.3 Å². The molecule has 66 heavy (non-hydrogen) atoms. The van der Waals surface area contributed by atoms with E-state index in [0.717, 1.165) is 65.5 Å². The molecule has 0 bridgehead atoms. The first-order valence-electron chi connectivity index (χ1n) is 25.0. The molecular formula is C51H88N6O9. The summed E-state index contributed by atoms with van der Waals surface area (Å²) in [6, 6.07) is -4.36. The maximum atomic E-state index is 13.4. The molecule has 2 rings (SSSR count). The Kier molecular flexibility index (Phi) is 25.9. The minimum Gasteiger partial charge on any atom is -0.487 e. The number of ether oxygens (including phenoxy) is 2. The topological polar surface area (TPSA) is 241 Å². The predicted octanol–water partition coefficient (Wildman–Crippen LogP) is 7.14. The number of esters is 1. The Morgan fingerprint density at radius 2 is 1.17 bits per heavy atom. The van der Waals surface area contributed by atoms with Crippen LogP contribution in [0.4, 0.5) is 0 Å². The standard InChI is InChI=1S/C51H88N6O9/c1-32(2)18-15-19-33(3)20-16-21-34(4)22-17-28-51(10)29-27-40-37(7)45(35(5)36(6)46(40)66-51)65-44(59)26-25-43(58)56-41(23-11-13-30-52)49(62)55-38(8)47(60)54-39(9)48(61)57-42(50(63)64)24-12-14-31-53/h32-34,38-39,41-42H,11-31,52-53H2,1-10H3,(H,54,60)(H,55,62)(H,56,58)(H,57,61)(H,63,64)/t33-,34-,38+,39-,41+,42+,51-/m1/s1. The van der Waals surface area contributed by atoms with E-state index < -0.39 is 59.7 Å². The molecule has 0 saturated heterocycles. The first kappa shape index (κ1) is 57.9. The van der Waals surface area contributed by atoms with Crippen molar-refractivity contribution in [3.63, 3.8) is 0 Å². The van der Waals surface area contributed by atoms with E-state index in [2.05, 4.69) is 55.9 Å². The summed E-state index contributed by atoms with van der Waals surface area (Å²) < 4.78 is 12.7. The number of carbonyl (C=O) groups is 6. The van der Waals surface area contributed by atoms with Gasteiger partial charge in [0.2, 0.25) is 23.6 Å². The number of benzene rings is 1. The lowest BCUT2D eigenvalue weighted by Gasteiger charge is -2.38. The molecule has 4 amide bonds. The number of carboxylic acid groups (broad SMARTS) is 1. The molecule has 0 radical (unpaired) electrons. The van der Waals surface area contributed by atoms with Gasteiger partial charge in [0.05, 0.1) is 6.42 Å². The number of carbonyl (C=O) groups excluding carboxylic acids is 5. The third-order valence-corrected chi connectivity index (χ3v) is 13.3. The summed E-state index contributed by atoms with van der Waals surface area (Å²) in [5.41, 5.74) is 14.5. The number of unbranched alkanes of at least 4 members (excludes halogenated alkanes) is 2. The molecule has 1 aliphatic heterocycles. The summed E-state index contributed by atoms with van der Waals surface area (Å²) >= 11 is 0. The van der Waals surface area contributed by atoms with Crippen LogP contribution in [0.2, 0.25) is 0 Å². The Bertz CT molecular complexity index is 1740. The van der Waals surface area contributed by atoms with Gasteiger partial charge in [0, 0.05) is 12.0 Å². The molecule has 0 aromatic heterocycles. The van der Waals surface area contributed by atoms with Crippen LogP contribution in [0.3, 0.4) is 0 Å². The summed E-state index contributed by atoms with van der Waals surface area (Å²) in [6.07, 6.45) is 15.0. The zero-order valence-electron chi connectivity index (χ0n) is 42.3. The molecule has 1 aromatic carbocycles. The van der Waals surface area contributed by atoms with E-state index in [1.54, 1.807) is 0 Å². The van der Waals surface area contributed by atoms with Gasteiger partial charge in [0.25, 0.3) is 0 Å². The highest BCUT2D eigenvalue weighted by atomic mass is 16.5. The summed E-state index contributed by atoms with van der Waals surface area (Å²) in [7, 11) is 0. The normalized spacial score (nSPS) is 17.3. The molecule has 1 heterocycles. The van der Waals surface area contributed by atoms with Gasteiger partial charge >= 0.3 is 11.9 Å². The van der Waals surface area contributed by atoms with Gasteiger partial charge in [-0.05, 0) is 153 Å². The van der Waals surface area contributed by atoms with Crippen LogP contribution in [-0.2, 0) is 35.2 Å². The van der Waals surface area contributed by atoms with Crippen LogP contribution < -0.4 is 42.2 Å². The van der Waals surface area contributed by atoms with Gasteiger partial charge in [-0.3, -0.25) is 24.0 Å². The predicted molar refractivity (Wildman–Crippen MR) is 260 cm³/mol. The van der Waals surface area contributed by atoms with Crippen LogP contribution in [0.25, 0.3) is 0 Å². The van der Waals surface area contributed by atoms with Gasteiger partial charge in [0.1, 0.15) is 41.3 Å². The van der Waals surface area contributed by atoms with Crippen LogP contribution in [-0.4, -0.2) is 83.5 Å². The Morgan fingerprint density at radius 3 is 1.73 bits per heavy atom. The van der Waals surface area contributed by atoms with Gasteiger partial charge in [-0.1, -0.05) is 72.6 Å². The van der Waals surface area contributed by atoms with Crippen molar-refractivity contribution in [2.24, 2.45) is 29.2 Å². The molecule has 1 aliphatic rings. The Labute approximate surface area is 396 Å². The maximum absolute atomic E-state index is 13.4. The maximum Gasteiger partial charge on any atom is 0.326 e. The highest BCUT2D eigenvalue weighted by molar-refractivity contribution is 5.95. The largest absolute Gasteiger partial charge is 0.487 e. The fourth-order valence-electron chi connectivity index (χ4n) is 8.65. The fourth-order valence-corrected chi connectivity index (χ4v) is 8.65. The zero-order valence-corrected chi connectivity index (χ0v) is 42.3. The van der Waals surface area contributed by atoms with Crippen LogP contribution in [0.1, 0.15) is 186 Å². The summed E-state index contributed by atoms with van der Waals surface area (Å²) in [5.74, 6) is -0.680. The number of hydrogen-bond donors (Lipinski definition) is 7. The van der Waals surface area contributed by atoms with Crippen LogP contribution in [0.15, 0.2) is 0 Å². The third-order valence-electron chi connectivity index (χ3n) is 13.3. The van der Waals surface area contributed by atoms with Crippen molar-refractivity contribution in [1.82, 2.24) is 21.3 Å². The number of carboxylic acids is 1. The number of fused-ring (bicyclic) bond motifs is 1. The second kappa shape index (κ2) is 29.5. The number of rotatable bonds is 32. The lowest BCUT2D eigenvalue weighted by molar-refractivity contribution is -0.142. The van der Waals surface area contributed by atoms with Gasteiger partial charge < -0.3 is 47.3 Å². The van der Waals surface area contributed by atoms with E-state index in [1.165, 1.54) is 58.8 Å². The van der Waals surface area contributed by atoms with Crippen molar-refractivity contribution in [2.45, 2.75) is 221 Å². The molecule has 15 heteroatoms. The van der Waals surface area contributed by atoms with E-state index in [0.29, 0.717) is 50.4 Å². The molecule has 9 N–H and O–H groups in total. The van der Waals surface area contributed by atoms with Gasteiger partial charge in [0.15, 0.2) is 0 Å². The van der Waals surface area contributed by atoms with Crippen molar-refractivity contribution >= 4 is 35.6 Å². The van der Waals surface area contributed by atoms with Crippen molar-refractivity contribution in [3.8, 4) is 11.5 Å². The molecule has 0 saturated carbocycles. The number of nitrogens with one attached hydrogen (secondary N) is 4. The quantitative estimate of drug-likeness (QED) is 0.0218. The van der Waals surface area contributed by atoms with E-state index in [4.69, 9.17) is 20.9 Å². The summed E-state index contributed by atoms with van der Waals surface area (Å²) in [6.45, 7) is 21.1. The van der Waals surface area contributed by atoms with Crippen molar-refractivity contribution in [1.29, 1.82) is 0 Å². The van der Waals surface area contributed by atoms with Crippen molar-refractivity contribution in [2.75, 3.05) is 13.1 Å². The van der Waals surface area contributed by atoms with Gasteiger partial charge in [-0.25, -0.2) is 4.79 Å². The average Bonchev–Trinajstić information content (AvgIpc) is 3.25. The summed E-state index contributed by atoms with van der Waals surface area (Å²) in [4.78, 5) is 77.1. The minimum absolute atomic E-state index is 0.186. The van der Waals surface area contributed by atoms with E-state index in [1.807, 2.05) is 20.8 Å². The first-order valence-corrected chi connectivity index (χ1v) is 25.0. The van der Waals surface area contributed by atoms with Crippen LogP contribution in [0.5, 0.6) is 11.5 Å². The van der Waals surface area contributed by atoms with Crippen LogP contribution in [0, 0.1) is 38.5 Å². The molecule has 0 aliphatic carbocycles. The fraction of sp³-hybridized carbons (Fsp3) is 0.765. The number of amides is 4. The number of aliphatic carboxylic acids is 1. The monoisotopic (exact) mass is 929 g/mol. The molecule has 15 nitrogen and oxygen atoms in total. The lowest BCUT2D eigenvalue weighted by atomic mass is 9.83. The Balaban J connectivity index is 1.94. The molecule has 1 aromatic rings. The molecule has 0 unspecified atom stereocenters. The Hall–Kier alpha value is -4.24. The molecule has 0 spiro atoms. The average molecular weight is 929 g/mol. The molecule has 0 fully saturated rings. The molecule has 376 valence electrons.